The highest BCUT2D eigenvalue weighted by atomic mass is 16.5. The number of rotatable bonds is 7. The van der Waals surface area contributed by atoms with Crippen LogP contribution >= 0.6 is 0 Å². The first-order valence-electron chi connectivity index (χ1n) is 5.41. The molecular weight excluding hydrogens is 244 g/mol. The molecule has 0 aromatic carbocycles. The average molecular weight is 260 g/mol. The van der Waals surface area contributed by atoms with Gasteiger partial charge in [-0.15, -0.1) is 0 Å². The molecule has 4 N–H and O–H groups in total. The van der Waals surface area contributed by atoms with Crippen molar-refractivity contribution in [2.75, 3.05) is 19.7 Å². The molecule has 0 aromatic heterocycles. The molecule has 1 heterocycles. The van der Waals surface area contributed by atoms with E-state index in [1.54, 1.807) is 0 Å². The molecule has 1 amide bonds. The maximum atomic E-state index is 11.4. The third-order valence-corrected chi connectivity index (χ3v) is 2.56. The molecule has 8 nitrogen and oxygen atoms in total. The van der Waals surface area contributed by atoms with Crippen molar-refractivity contribution in [2.45, 2.75) is 25.0 Å². The molecule has 1 unspecified atom stereocenters. The number of aliphatic carboxylic acids is 2. The molecule has 1 rings (SSSR count). The fourth-order valence-electron chi connectivity index (χ4n) is 1.43. The SMILES string of the molecule is CC1(OCC(=O)NC(CC(=O)O)C(=O)O)CNC1. The van der Waals surface area contributed by atoms with Gasteiger partial charge < -0.3 is 25.6 Å². The Labute approximate surface area is 103 Å². The van der Waals surface area contributed by atoms with E-state index in [0.717, 1.165) is 0 Å². The molecule has 0 saturated carbocycles. The summed E-state index contributed by atoms with van der Waals surface area (Å²) in [6.07, 6.45) is -0.667. The zero-order valence-electron chi connectivity index (χ0n) is 9.93. The Morgan fingerprint density at radius 3 is 2.39 bits per heavy atom. The monoisotopic (exact) mass is 260 g/mol. The van der Waals surface area contributed by atoms with Gasteiger partial charge >= 0.3 is 11.9 Å². The molecule has 8 heteroatoms. The summed E-state index contributed by atoms with van der Waals surface area (Å²) in [5.41, 5.74) is -0.414. The van der Waals surface area contributed by atoms with Gasteiger partial charge in [0.15, 0.2) is 0 Å². The predicted octanol–water partition coefficient (Wildman–Crippen LogP) is -1.59. The highest BCUT2D eigenvalue weighted by Gasteiger charge is 2.33. The predicted molar refractivity (Wildman–Crippen MR) is 59.0 cm³/mol. The number of ether oxygens (including phenoxy) is 1. The van der Waals surface area contributed by atoms with Crippen molar-refractivity contribution in [3.8, 4) is 0 Å². The van der Waals surface area contributed by atoms with E-state index in [2.05, 4.69) is 10.6 Å². The molecule has 1 saturated heterocycles. The fourth-order valence-corrected chi connectivity index (χ4v) is 1.43. The Kier molecular flexibility index (Phi) is 4.62. The molecule has 0 bridgehead atoms. The first kappa shape index (κ1) is 14.4. The second kappa shape index (κ2) is 5.78. The van der Waals surface area contributed by atoms with Crippen molar-refractivity contribution in [3.05, 3.63) is 0 Å². The molecular formula is C10H16N2O6. The molecule has 1 aliphatic rings. The molecule has 1 aliphatic heterocycles. The molecule has 18 heavy (non-hydrogen) atoms. The van der Waals surface area contributed by atoms with Gasteiger partial charge in [0, 0.05) is 13.1 Å². The highest BCUT2D eigenvalue weighted by molar-refractivity contribution is 5.87. The van der Waals surface area contributed by atoms with Crippen molar-refractivity contribution in [1.82, 2.24) is 10.6 Å². The van der Waals surface area contributed by atoms with Gasteiger partial charge in [0.1, 0.15) is 12.6 Å². The van der Waals surface area contributed by atoms with Gasteiger partial charge in [-0.1, -0.05) is 0 Å². The molecule has 0 aliphatic carbocycles. The van der Waals surface area contributed by atoms with Gasteiger partial charge in [-0.25, -0.2) is 4.79 Å². The van der Waals surface area contributed by atoms with Crippen molar-refractivity contribution in [2.24, 2.45) is 0 Å². The molecule has 1 fully saturated rings. The molecule has 1 atom stereocenters. The van der Waals surface area contributed by atoms with Crippen LogP contribution in [0.5, 0.6) is 0 Å². The van der Waals surface area contributed by atoms with Gasteiger partial charge in [0.05, 0.1) is 12.0 Å². The van der Waals surface area contributed by atoms with Gasteiger partial charge in [0.2, 0.25) is 5.91 Å². The number of amides is 1. The number of carbonyl (C=O) groups is 3. The lowest BCUT2D eigenvalue weighted by atomic mass is 10.0. The van der Waals surface area contributed by atoms with Gasteiger partial charge in [-0.05, 0) is 6.92 Å². The number of carboxylic acid groups (broad SMARTS) is 2. The van der Waals surface area contributed by atoms with Crippen LogP contribution in [0.2, 0.25) is 0 Å². The van der Waals surface area contributed by atoms with E-state index in [1.807, 2.05) is 6.92 Å². The van der Waals surface area contributed by atoms with Gasteiger partial charge in [-0.2, -0.15) is 0 Å². The summed E-state index contributed by atoms with van der Waals surface area (Å²) in [5, 5.41) is 22.3. The Hall–Kier alpha value is -1.67. The third kappa shape index (κ3) is 4.30. The van der Waals surface area contributed by atoms with Crippen molar-refractivity contribution in [1.29, 1.82) is 0 Å². The lowest BCUT2D eigenvalue weighted by molar-refractivity contribution is -0.149. The summed E-state index contributed by atoms with van der Waals surface area (Å²) in [7, 11) is 0. The highest BCUT2D eigenvalue weighted by Crippen LogP contribution is 2.14. The van der Waals surface area contributed by atoms with Crippen LogP contribution in [-0.2, 0) is 19.1 Å². The Balaban J connectivity index is 2.36. The average Bonchev–Trinajstić information content (AvgIpc) is 2.22. The second-order valence-corrected chi connectivity index (χ2v) is 4.40. The van der Waals surface area contributed by atoms with Crippen LogP contribution in [0.1, 0.15) is 13.3 Å². The number of hydrogen-bond acceptors (Lipinski definition) is 5. The van der Waals surface area contributed by atoms with E-state index in [0.29, 0.717) is 13.1 Å². The van der Waals surface area contributed by atoms with E-state index < -0.39 is 35.9 Å². The van der Waals surface area contributed by atoms with Crippen LogP contribution in [0.15, 0.2) is 0 Å². The Morgan fingerprint density at radius 2 is 2.00 bits per heavy atom. The van der Waals surface area contributed by atoms with Crippen molar-refractivity contribution < 1.29 is 29.3 Å². The quantitative estimate of drug-likeness (QED) is 0.435. The molecule has 0 aromatic rings. The first-order valence-corrected chi connectivity index (χ1v) is 5.41. The third-order valence-electron chi connectivity index (χ3n) is 2.56. The van der Waals surface area contributed by atoms with E-state index in [9.17, 15) is 14.4 Å². The number of carbonyl (C=O) groups excluding carboxylic acids is 1. The largest absolute Gasteiger partial charge is 0.481 e. The molecule has 0 spiro atoms. The Morgan fingerprint density at radius 1 is 1.39 bits per heavy atom. The summed E-state index contributed by atoms with van der Waals surface area (Å²) < 4.78 is 5.30. The van der Waals surface area contributed by atoms with E-state index in [-0.39, 0.29) is 6.61 Å². The van der Waals surface area contributed by atoms with E-state index in [4.69, 9.17) is 14.9 Å². The summed E-state index contributed by atoms with van der Waals surface area (Å²) in [5.74, 6) is -3.32. The summed E-state index contributed by atoms with van der Waals surface area (Å²) in [6.45, 7) is 2.78. The second-order valence-electron chi connectivity index (χ2n) is 4.40. The lowest BCUT2D eigenvalue weighted by Crippen LogP contribution is -2.60. The van der Waals surface area contributed by atoms with Crippen LogP contribution in [0, 0.1) is 0 Å². The van der Waals surface area contributed by atoms with Crippen molar-refractivity contribution in [3.63, 3.8) is 0 Å². The number of hydrogen-bond donors (Lipinski definition) is 4. The Bertz CT molecular complexity index is 352. The van der Waals surface area contributed by atoms with Crippen LogP contribution in [0.4, 0.5) is 0 Å². The molecule has 102 valence electrons. The van der Waals surface area contributed by atoms with Crippen molar-refractivity contribution >= 4 is 17.8 Å². The summed E-state index contributed by atoms with van der Waals surface area (Å²) in [6, 6.07) is -1.44. The maximum absolute atomic E-state index is 11.4. The maximum Gasteiger partial charge on any atom is 0.326 e. The van der Waals surface area contributed by atoms with Crippen LogP contribution in [-0.4, -0.2) is 59.4 Å². The van der Waals surface area contributed by atoms with Gasteiger partial charge in [0.25, 0.3) is 0 Å². The summed E-state index contributed by atoms with van der Waals surface area (Å²) >= 11 is 0. The number of carboxylic acids is 2. The van der Waals surface area contributed by atoms with Crippen LogP contribution in [0.25, 0.3) is 0 Å². The normalized spacial score (nSPS) is 18.5. The van der Waals surface area contributed by atoms with Gasteiger partial charge in [-0.3, -0.25) is 9.59 Å². The first-order chi connectivity index (χ1) is 8.32. The topological polar surface area (TPSA) is 125 Å². The standard InChI is InChI=1S/C10H16N2O6/c1-10(4-11-5-10)18-3-7(13)12-6(9(16)17)2-8(14)15/h6,11H,2-5H2,1H3,(H,12,13)(H,14,15)(H,16,17). The molecule has 0 radical (unpaired) electrons. The minimum Gasteiger partial charge on any atom is -0.481 e. The minimum absolute atomic E-state index is 0.290. The zero-order valence-corrected chi connectivity index (χ0v) is 9.93. The minimum atomic E-state index is -1.44. The fraction of sp³-hybridized carbons (Fsp3) is 0.700. The smallest absolute Gasteiger partial charge is 0.326 e. The summed E-state index contributed by atoms with van der Waals surface area (Å²) in [4.78, 5) is 32.5. The van der Waals surface area contributed by atoms with E-state index in [1.165, 1.54) is 0 Å². The zero-order chi connectivity index (χ0) is 13.8. The van der Waals surface area contributed by atoms with Crippen LogP contribution in [0.3, 0.4) is 0 Å². The van der Waals surface area contributed by atoms with Crippen LogP contribution < -0.4 is 10.6 Å². The van der Waals surface area contributed by atoms with E-state index >= 15 is 0 Å². The number of nitrogens with one attached hydrogen (secondary N) is 2. The lowest BCUT2D eigenvalue weighted by Gasteiger charge is -2.38.